The third-order valence-electron chi connectivity index (χ3n) is 4.73. The monoisotopic (exact) mass is 347 g/mol. The van der Waals surface area contributed by atoms with Crippen LogP contribution < -0.4 is 15.2 Å². The molecule has 136 valence electrons. The van der Waals surface area contributed by atoms with Crippen molar-refractivity contribution in [1.82, 2.24) is 20.5 Å². The molecular formula is C17H25N5O3. The van der Waals surface area contributed by atoms with E-state index in [4.69, 9.17) is 4.74 Å². The van der Waals surface area contributed by atoms with Crippen LogP contribution in [-0.2, 0) is 17.6 Å². The second-order valence-corrected chi connectivity index (χ2v) is 6.38. The molecule has 1 atom stereocenters. The van der Waals surface area contributed by atoms with Gasteiger partial charge in [0.05, 0.1) is 16.0 Å². The van der Waals surface area contributed by atoms with E-state index in [0.717, 1.165) is 48.1 Å². The Morgan fingerprint density at radius 2 is 2.16 bits per heavy atom. The highest BCUT2D eigenvalue weighted by molar-refractivity contribution is 5.74. The van der Waals surface area contributed by atoms with E-state index in [1.54, 1.807) is 14.2 Å². The second kappa shape index (κ2) is 7.90. The number of aryl methyl sites for hydroxylation is 2. The van der Waals surface area contributed by atoms with E-state index in [9.17, 15) is 10.1 Å². The molecule has 1 aromatic heterocycles. The predicted molar refractivity (Wildman–Crippen MR) is 95.1 cm³/mol. The number of fused-ring (bicyclic) bond motifs is 2. The molecule has 1 heterocycles. The molecular weight excluding hydrogens is 322 g/mol. The number of rotatable bonds is 8. The Bertz CT molecular complexity index is 805. The highest BCUT2D eigenvalue weighted by Gasteiger charge is 2.23. The number of hydrogen-bond donors (Lipinski definition) is 2. The molecule has 0 saturated heterocycles. The minimum Gasteiger partial charge on any atom is -0.804 e. The molecule has 0 bridgehead atoms. The van der Waals surface area contributed by atoms with E-state index in [1.165, 1.54) is 0 Å². The quantitative estimate of drug-likeness (QED) is 0.538. The van der Waals surface area contributed by atoms with Crippen molar-refractivity contribution in [3.8, 4) is 0 Å². The van der Waals surface area contributed by atoms with E-state index < -0.39 is 0 Å². The maximum absolute atomic E-state index is 12.8. The minimum absolute atomic E-state index is 0.183. The van der Waals surface area contributed by atoms with E-state index in [1.807, 2.05) is 12.1 Å². The number of nitrogens with one attached hydrogen (secondary N) is 2. The van der Waals surface area contributed by atoms with Gasteiger partial charge in [0.25, 0.3) is 0 Å². The molecule has 8 heteroatoms. The Labute approximate surface area is 146 Å². The van der Waals surface area contributed by atoms with Crippen LogP contribution in [0.3, 0.4) is 0 Å². The van der Waals surface area contributed by atoms with Crippen LogP contribution in [0.5, 0.6) is 0 Å². The Kier molecular flexibility index (Phi) is 5.62. The molecule has 2 N–H and O–H groups in total. The van der Waals surface area contributed by atoms with Crippen molar-refractivity contribution in [2.45, 2.75) is 31.7 Å². The molecule has 0 spiro atoms. The predicted octanol–water partition coefficient (Wildman–Crippen LogP) is 0.672. The highest BCUT2D eigenvalue weighted by atomic mass is 16.5. The van der Waals surface area contributed by atoms with Gasteiger partial charge in [0.1, 0.15) is 5.52 Å². The summed E-state index contributed by atoms with van der Waals surface area (Å²) in [5.41, 5.74) is 3.03. The number of methoxy groups -OCH3 is 1. The molecule has 25 heavy (non-hydrogen) atoms. The summed E-state index contributed by atoms with van der Waals surface area (Å²) in [6.45, 7) is 1.95. The van der Waals surface area contributed by atoms with Crippen LogP contribution in [-0.4, -0.2) is 43.7 Å². The van der Waals surface area contributed by atoms with Crippen LogP contribution in [0.25, 0.3) is 11.0 Å². The van der Waals surface area contributed by atoms with Gasteiger partial charge in [0.2, 0.25) is 0 Å². The number of aromatic nitrogens is 3. The largest absolute Gasteiger partial charge is 0.804 e. The lowest BCUT2D eigenvalue weighted by Crippen LogP contribution is -2.36. The van der Waals surface area contributed by atoms with Gasteiger partial charge >= 0.3 is 5.52 Å². The smallest absolute Gasteiger partial charge is 0.318 e. The summed E-state index contributed by atoms with van der Waals surface area (Å²) in [5, 5.41) is 23.2. The lowest BCUT2D eigenvalue weighted by atomic mass is 10.1. The van der Waals surface area contributed by atoms with Crippen molar-refractivity contribution in [3.63, 3.8) is 0 Å². The van der Waals surface area contributed by atoms with Crippen LogP contribution in [0.2, 0.25) is 0 Å². The van der Waals surface area contributed by atoms with Crippen LogP contribution in [0.15, 0.2) is 12.1 Å². The van der Waals surface area contributed by atoms with Crippen molar-refractivity contribution >= 4 is 11.0 Å². The lowest BCUT2D eigenvalue weighted by Gasteiger charge is -2.22. The fraction of sp³-hybridized carbons (Fsp3) is 0.588. The number of nitrogens with zero attached hydrogens (tertiary/aromatic N) is 3. The molecule has 2 aromatic rings. The molecule has 1 aromatic carbocycles. The van der Waals surface area contributed by atoms with Crippen molar-refractivity contribution in [1.29, 1.82) is 0 Å². The van der Waals surface area contributed by atoms with E-state index in [0.29, 0.717) is 28.7 Å². The average Bonchev–Trinajstić information content (AvgIpc) is 3.08. The molecule has 0 aliphatic heterocycles. The third-order valence-corrected chi connectivity index (χ3v) is 4.73. The Balaban J connectivity index is 1.89. The number of hydrogen-bond acceptors (Lipinski definition) is 6. The number of benzene rings is 1. The van der Waals surface area contributed by atoms with E-state index in [2.05, 4.69) is 15.7 Å². The van der Waals surface area contributed by atoms with E-state index >= 15 is 0 Å². The molecule has 1 aliphatic carbocycles. The molecule has 0 radical (unpaired) electrons. The van der Waals surface area contributed by atoms with Gasteiger partial charge in [-0.3, -0.25) is 0 Å². The summed E-state index contributed by atoms with van der Waals surface area (Å²) in [7, 11) is 3.42. The Morgan fingerprint density at radius 3 is 2.88 bits per heavy atom. The van der Waals surface area contributed by atoms with Crippen molar-refractivity contribution in [2.75, 3.05) is 33.9 Å². The second-order valence-electron chi connectivity index (χ2n) is 6.38. The molecule has 1 unspecified atom stereocenters. The zero-order valence-electron chi connectivity index (χ0n) is 14.7. The summed E-state index contributed by atoms with van der Waals surface area (Å²) in [5.74, 6) is 0.183. The summed E-state index contributed by atoms with van der Waals surface area (Å²) in [6, 6.07) is 3.31. The van der Waals surface area contributed by atoms with Gasteiger partial charge in [-0.15, -0.1) is 0 Å². The molecule has 3 rings (SSSR count). The average molecular weight is 347 g/mol. The first-order valence-corrected chi connectivity index (χ1v) is 8.71. The first kappa shape index (κ1) is 17.8. The Morgan fingerprint density at radius 1 is 1.40 bits per heavy atom. The number of ether oxygens (including phenoxy) is 1. The fourth-order valence-corrected chi connectivity index (χ4v) is 3.35. The Hall–Kier alpha value is -2.03. The molecule has 0 saturated carbocycles. The summed E-state index contributed by atoms with van der Waals surface area (Å²) < 4.78 is 6.38. The molecule has 8 nitrogen and oxygen atoms in total. The van der Waals surface area contributed by atoms with Gasteiger partial charge in [-0.05, 0) is 56.5 Å². The first-order valence-electron chi connectivity index (χ1n) is 8.71. The maximum atomic E-state index is 12.8. The zero-order valence-corrected chi connectivity index (χ0v) is 14.7. The SMILES string of the molecule is CNC(CNCCCOC)c1n[n+](=O)c2cc3c(cc2n1[O-])CCC3. The summed E-state index contributed by atoms with van der Waals surface area (Å²) in [4.78, 5) is 12.4. The highest BCUT2D eigenvalue weighted by Crippen LogP contribution is 2.26. The van der Waals surface area contributed by atoms with Gasteiger partial charge in [-0.1, -0.05) is 0 Å². The van der Waals surface area contributed by atoms with Gasteiger partial charge < -0.3 is 25.3 Å². The first-order chi connectivity index (χ1) is 12.2. The van der Waals surface area contributed by atoms with Crippen LogP contribution in [0.4, 0.5) is 0 Å². The minimum atomic E-state index is -0.349. The van der Waals surface area contributed by atoms with Crippen molar-refractivity contribution < 1.29 is 9.28 Å². The molecule has 0 amide bonds. The topological polar surface area (TPSA) is 97.1 Å². The lowest BCUT2D eigenvalue weighted by molar-refractivity contribution is -0.538. The van der Waals surface area contributed by atoms with Gasteiger partial charge in [-0.25, -0.2) is 0 Å². The van der Waals surface area contributed by atoms with E-state index in [-0.39, 0.29) is 11.9 Å². The van der Waals surface area contributed by atoms with Crippen LogP contribution >= 0.6 is 0 Å². The normalized spacial score (nSPS) is 14.8. The van der Waals surface area contributed by atoms with Crippen LogP contribution in [0.1, 0.15) is 35.8 Å². The molecule has 0 fully saturated rings. The standard InChI is InChI=1S/C17H25N5O3/c1-18-14(11-19-7-4-8-25-2)17-20-22(24)16-10-13-6-3-5-12(13)9-15(16)21(17)23/h9-10,14,18-19H,3-8,11H2,1-2H3. The van der Waals surface area contributed by atoms with Gasteiger partial charge in [-0.2, -0.15) is 0 Å². The summed E-state index contributed by atoms with van der Waals surface area (Å²) >= 11 is 0. The zero-order chi connectivity index (χ0) is 17.8. The van der Waals surface area contributed by atoms with Gasteiger partial charge in [0.15, 0.2) is 10.4 Å². The summed E-state index contributed by atoms with van der Waals surface area (Å²) in [6.07, 6.45) is 3.85. The van der Waals surface area contributed by atoms with Crippen molar-refractivity contribution in [3.05, 3.63) is 39.2 Å². The third kappa shape index (κ3) is 3.65. The van der Waals surface area contributed by atoms with Crippen LogP contribution in [0, 0.1) is 10.1 Å². The number of likely N-dealkylation sites (N-methyl/N-ethyl adjacent to an activating group) is 1. The maximum Gasteiger partial charge on any atom is 0.318 e. The fourth-order valence-electron chi connectivity index (χ4n) is 3.35. The molecule has 1 aliphatic rings. The van der Waals surface area contributed by atoms with Crippen molar-refractivity contribution in [2.24, 2.45) is 0 Å². The van der Waals surface area contributed by atoms with Gasteiger partial charge in [0, 0.05) is 26.3 Å².